The number of ether oxygens (including phenoxy) is 1. The zero-order valence-corrected chi connectivity index (χ0v) is 14.9. The molecule has 2 N–H and O–H groups in total. The maximum Gasteiger partial charge on any atom is 0.128 e. The van der Waals surface area contributed by atoms with Gasteiger partial charge in [0.1, 0.15) is 11.6 Å². The summed E-state index contributed by atoms with van der Waals surface area (Å²) in [5, 5.41) is 11.0. The molecule has 1 aromatic carbocycles. The number of nitrogens with zero attached hydrogens (tertiary/aromatic N) is 3. The molecule has 0 amide bonds. The van der Waals surface area contributed by atoms with Crippen LogP contribution in [0.2, 0.25) is 0 Å². The van der Waals surface area contributed by atoms with Gasteiger partial charge in [-0.05, 0) is 42.8 Å². The normalized spacial score (nSPS) is 16.8. The lowest BCUT2D eigenvalue weighted by Crippen LogP contribution is -2.32. The van der Waals surface area contributed by atoms with Crippen LogP contribution in [-0.4, -0.2) is 41.4 Å². The molecular weight excluding hydrogens is 326 g/mol. The zero-order chi connectivity index (χ0) is 17.8. The van der Waals surface area contributed by atoms with Crippen molar-refractivity contribution in [1.82, 2.24) is 20.5 Å². The molecule has 0 unspecified atom stereocenters. The van der Waals surface area contributed by atoms with E-state index >= 15 is 0 Å². The van der Waals surface area contributed by atoms with Gasteiger partial charge in [-0.25, -0.2) is 4.98 Å². The van der Waals surface area contributed by atoms with Gasteiger partial charge in [0.15, 0.2) is 0 Å². The third-order valence-corrected chi connectivity index (χ3v) is 4.84. The summed E-state index contributed by atoms with van der Waals surface area (Å²) in [6.45, 7) is 2.80. The fraction of sp³-hybridized carbons (Fsp3) is 0.300. The molecule has 134 valence electrons. The van der Waals surface area contributed by atoms with E-state index in [-0.39, 0.29) is 0 Å². The molecule has 4 rings (SSSR count). The largest absolute Gasteiger partial charge is 0.497 e. The van der Waals surface area contributed by atoms with Crippen molar-refractivity contribution in [3.63, 3.8) is 0 Å². The number of aromatic nitrogens is 3. The van der Waals surface area contributed by atoms with E-state index in [0.717, 1.165) is 48.9 Å². The number of rotatable bonds is 6. The minimum atomic E-state index is 0.454. The highest BCUT2D eigenvalue weighted by Crippen LogP contribution is 2.24. The maximum atomic E-state index is 5.23. The predicted octanol–water partition coefficient (Wildman–Crippen LogP) is 2.85. The Morgan fingerprint density at radius 3 is 2.88 bits per heavy atom. The van der Waals surface area contributed by atoms with Crippen molar-refractivity contribution >= 4 is 5.82 Å². The van der Waals surface area contributed by atoms with Crippen LogP contribution >= 0.6 is 0 Å². The Hall–Kier alpha value is -2.86. The van der Waals surface area contributed by atoms with E-state index in [9.17, 15) is 0 Å². The number of hydrogen-bond acceptors (Lipinski definition) is 5. The van der Waals surface area contributed by atoms with E-state index in [1.807, 2.05) is 48.8 Å². The van der Waals surface area contributed by atoms with Crippen LogP contribution in [0.25, 0.3) is 11.3 Å². The number of anilines is 1. The summed E-state index contributed by atoms with van der Waals surface area (Å²) in [7, 11) is 1.68. The van der Waals surface area contributed by atoms with Crippen LogP contribution in [0.15, 0.2) is 54.9 Å². The molecule has 0 spiro atoms. The summed E-state index contributed by atoms with van der Waals surface area (Å²) >= 11 is 0. The molecule has 1 atom stereocenters. The average Bonchev–Trinajstić information content (AvgIpc) is 3.36. The van der Waals surface area contributed by atoms with Gasteiger partial charge >= 0.3 is 0 Å². The van der Waals surface area contributed by atoms with Crippen molar-refractivity contribution in [3.8, 4) is 17.0 Å². The third-order valence-electron chi connectivity index (χ3n) is 4.84. The summed E-state index contributed by atoms with van der Waals surface area (Å²) < 4.78 is 5.23. The van der Waals surface area contributed by atoms with Gasteiger partial charge in [-0.1, -0.05) is 6.07 Å². The van der Waals surface area contributed by atoms with Gasteiger partial charge in [0.05, 0.1) is 19.0 Å². The third kappa shape index (κ3) is 3.55. The van der Waals surface area contributed by atoms with Crippen molar-refractivity contribution in [2.45, 2.75) is 19.0 Å². The Bertz CT molecular complexity index is 831. The molecule has 6 heteroatoms. The number of benzene rings is 1. The van der Waals surface area contributed by atoms with Crippen molar-refractivity contribution < 1.29 is 4.74 Å². The van der Waals surface area contributed by atoms with Gasteiger partial charge in [-0.3, -0.25) is 5.10 Å². The second-order valence-corrected chi connectivity index (χ2v) is 6.50. The number of aromatic amines is 1. The lowest BCUT2D eigenvalue weighted by Gasteiger charge is -2.17. The van der Waals surface area contributed by atoms with Crippen LogP contribution in [0.5, 0.6) is 5.75 Å². The smallest absolute Gasteiger partial charge is 0.128 e. The fourth-order valence-electron chi connectivity index (χ4n) is 3.38. The first-order valence-corrected chi connectivity index (χ1v) is 8.89. The van der Waals surface area contributed by atoms with E-state index < -0.39 is 0 Å². The van der Waals surface area contributed by atoms with Crippen molar-refractivity contribution in [3.05, 3.63) is 60.4 Å². The van der Waals surface area contributed by atoms with Gasteiger partial charge < -0.3 is 15.0 Å². The van der Waals surface area contributed by atoms with Crippen LogP contribution < -0.4 is 15.0 Å². The molecule has 3 heterocycles. The quantitative estimate of drug-likeness (QED) is 0.716. The molecule has 3 aromatic rings. The predicted molar refractivity (Wildman–Crippen MR) is 102 cm³/mol. The fourth-order valence-corrected chi connectivity index (χ4v) is 3.38. The highest BCUT2D eigenvalue weighted by atomic mass is 16.5. The average molecular weight is 349 g/mol. The first-order chi connectivity index (χ1) is 12.8. The van der Waals surface area contributed by atoms with E-state index in [0.29, 0.717) is 6.04 Å². The molecule has 6 nitrogen and oxygen atoms in total. The van der Waals surface area contributed by atoms with Gasteiger partial charge in [-0.15, -0.1) is 0 Å². The Balaban J connectivity index is 1.38. The Labute approximate surface area is 153 Å². The molecule has 0 aliphatic carbocycles. The minimum absolute atomic E-state index is 0.454. The molecule has 0 radical (unpaired) electrons. The van der Waals surface area contributed by atoms with Crippen LogP contribution in [0.1, 0.15) is 12.0 Å². The standard InChI is InChI=1S/C20H23N5O/c1-26-18-7-5-15(6-8-18)20-16(13-23-24-20)12-22-17-9-11-25(14-17)19-4-2-3-10-21-19/h2-8,10,13,17,22H,9,11-12,14H2,1H3,(H,23,24)/t17-/m0/s1. The second kappa shape index (κ2) is 7.58. The number of nitrogens with one attached hydrogen (secondary N) is 2. The summed E-state index contributed by atoms with van der Waals surface area (Å²) in [5.41, 5.74) is 3.34. The van der Waals surface area contributed by atoms with Gasteiger partial charge in [0.25, 0.3) is 0 Å². The van der Waals surface area contributed by atoms with Crippen molar-refractivity contribution in [2.24, 2.45) is 0 Å². The Morgan fingerprint density at radius 2 is 2.12 bits per heavy atom. The van der Waals surface area contributed by atoms with Gasteiger partial charge in [0, 0.05) is 43.0 Å². The number of hydrogen-bond donors (Lipinski definition) is 2. The number of H-pyrrole nitrogens is 1. The molecule has 1 fully saturated rings. The van der Waals surface area contributed by atoms with Crippen LogP contribution in [0.3, 0.4) is 0 Å². The molecule has 2 aromatic heterocycles. The summed E-state index contributed by atoms with van der Waals surface area (Å²) in [4.78, 5) is 6.78. The molecule has 1 aliphatic heterocycles. The van der Waals surface area contributed by atoms with E-state index in [2.05, 4.69) is 31.5 Å². The van der Waals surface area contributed by atoms with Crippen molar-refractivity contribution in [2.75, 3.05) is 25.1 Å². The van der Waals surface area contributed by atoms with Gasteiger partial charge in [-0.2, -0.15) is 5.10 Å². The van der Waals surface area contributed by atoms with Crippen LogP contribution in [0.4, 0.5) is 5.82 Å². The molecule has 0 bridgehead atoms. The van der Waals surface area contributed by atoms with E-state index in [1.165, 1.54) is 5.56 Å². The SMILES string of the molecule is COc1ccc(-c2[nH]ncc2CN[C@H]2CCN(c3ccccn3)C2)cc1. The zero-order valence-electron chi connectivity index (χ0n) is 14.9. The number of pyridine rings is 1. The second-order valence-electron chi connectivity index (χ2n) is 6.50. The molecular formula is C20H23N5O. The minimum Gasteiger partial charge on any atom is -0.497 e. The first kappa shape index (κ1) is 16.6. The summed E-state index contributed by atoms with van der Waals surface area (Å²) in [5.74, 6) is 1.91. The van der Waals surface area contributed by atoms with Crippen LogP contribution in [0, 0.1) is 0 Å². The molecule has 1 aliphatic rings. The molecule has 0 saturated carbocycles. The maximum absolute atomic E-state index is 5.23. The number of methoxy groups -OCH3 is 1. The van der Waals surface area contributed by atoms with E-state index in [1.54, 1.807) is 7.11 Å². The first-order valence-electron chi connectivity index (χ1n) is 8.89. The Morgan fingerprint density at radius 1 is 1.23 bits per heavy atom. The van der Waals surface area contributed by atoms with Gasteiger partial charge in [0.2, 0.25) is 0 Å². The highest BCUT2D eigenvalue weighted by Gasteiger charge is 2.23. The summed E-state index contributed by atoms with van der Waals surface area (Å²) in [6.07, 6.45) is 4.87. The Kier molecular flexibility index (Phi) is 4.84. The monoisotopic (exact) mass is 349 g/mol. The molecule has 1 saturated heterocycles. The highest BCUT2D eigenvalue weighted by molar-refractivity contribution is 5.63. The topological polar surface area (TPSA) is 66.1 Å². The molecule has 26 heavy (non-hydrogen) atoms. The van der Waals surface area contributed by atoms with E-state index in [4.69, 9.17) is 4.74 Å². The lowest BCUT2D eigenvalue weighted by atomic mass is 10.1. The van der Waals surface area contributed by atoms with Crippen molar-refractivity contribution in [1.29, 1.82) is 0 Å². The van der Waals surface area contributed by atoms with Crippen LogP contribution in [-0.2, 0) is 6.54 Å². The lowest BCUT2D eigenvalue weighted by molar-refractivity contribution is 0.415. The summed E-state index contributed by atoms with van der Waals surface area (Å²) in [6, 6.07) is 14.5.